The molecule has 0 saturated carbocycles. The zero-order valence-corrected chi connectivity index (χ0v) is 9.80. The van der Waals surface area contributed by atoms with Gasteiger partial charge in [0.1, 0.15) is 0 Å². The van der Waals surface area contributed by atoms with Gasteiger partial charge in [-0.2, -0.15) is 0 Å². The predicted molar refractivity (Wildman–Crippen MR) is 71.2 cm³/mol. The fourth-order valence-electron chi connectivity index (χ4n) is 1.21. The molecular formula is C16H12O2. The monoisotopic (exact) mass is 236 g/mol. The molecule has 1 atom stereocenters. The Morgan fingerprint density at radius 3 is 2.72 bits per heavy atom. The summed E-state index contributed by atoms with van der Waals surface area (Å²) in [6.45, 7) is 3.50. The normalized spacial score (nSPS) is 10.8. The van der Waals surface area contributed by atoms with Crippen molar-refractivity contribution >= 4 is 5.97 Å². The fourth-order valence-corrected chi connectivity index (χ4v) is 1.21. The second kappa shape index (κ2) is 7.54. The van der Waals surface area contributed by atoms with Crippen molar-refractivity contribution in [1.82, 2.24) is 0 Å². The number of ether oxygens (including phenoxy) is 1. The molecule has 0 fully saturated rings. The van der Waals surface area contributed by atoms with Crippen LogP contribution in [0.1, 0.15) is 11.7 Å². The van der Waals surface area contributed by atoms with E-state index in [1.807, 2.05) is 30.3 Å². The number of hydrogen-bond donors (Lipinski definition) is 0. The van der Waals surface area contributed by atoms with E-state index in [0.717, 1.165) is 5.56 Å². The van der Waals surface area contributed by atoms with Crippen LogP contribution in [0.2, 0.25) is 0 Å². The smallest absolute Gasteiger partial charge is 0.332 e. The summed E-state index contributed by atoms with van der Waals surface area (Å²) in [5, 5.41) is 0. The summed E-state index contributed by atoms with van der Waals surface area (Å²) in [6, 6.07) is 9.24. The second-order valence-corrected chi connectivity index (χ2v) is 3.22. The number of esters is 1. The van der Waals surface area contributed by atoms with E-state index >= 15 is 0 Å². The molecule has 0 radical (unpaired) electrons. The van der Waals surface area contributed by atoms with Gasteiger partial charge in [0.05, 0.1) is 0 Å². The molecule has 0 spiro atoms. The minimum atomic E-state index is -0.626. The Kier molecular flexibility index (Phi) is 5.60. The van der Waals surface area contributed by atoms with Gasteiger partial charge in [0.15, 0.2) is 6.10 Å². The summed E-state index contributed by atoms with van der Waals surface area (Å²) in [5.41, 5.74) is 0.800. The maximum absolute atomic E-state index is 11.5. The number of carbonyl (C=O) groups is 1. The minimum absolute atomic E-state index is 0.528. The maximum atomic E-state index is 11.5. The summed E-state index contributed by atoms with van der Waals surface area (Å²) >= 11 is 0. The molecule has 1 aromatic carbocycles. The first-order valence-electron chi connectivity index (χ1n) is 5.28. The highest BCUT2D eigenvalue weighted by Crippen LogP contribution is 2.16. The third-order valence-electron chi connectivity index (χ3n) is 1.97. The van der Waals surface area contributed by atoms with Crippen LogP contribution in [0.4, 0.5) is 0 Å². The molecular weight excluding hydrogens is 224 g/mol. The molecule has 0 aliphatic rings. The Hall–Kier alpha value is -2.71. The molecule has 0 amide bonds. The summed E-state index contributed by atoms with van der Waals surface area (Å²) in [5.74, 6) is 7.17. The Morgan fingerprint density at radius 2 is 2.11 bits per heavy atom. The molecule has 1 unspecified atom stereocenters. The van der Waals surface area contributed by atoms with E-state index in [4.69, 9.17) is 11.2 Å². The largest absolute Gasteiger partial charge is 0.441 e. The topological polar surface area (TPSA) is 26.3 Å². The van der Waals surface area contributed by atoms with Crippen molar-refractivity contribution in [2.24, 2.45) is 0 Å². The van der Waals surface area contributed by atoms with Gasteiger partial charge in [-0.05, 0) is 18.1 Å². The maximum Gasteiger partial charge on any atom is 0.332 e. The summed E-state index contributed by atoms with van der Waals surface area (Å²) in [7, 11) is 0. The van der Waals surface area contributed by atoms with Crippen molar-refractivity contribution in [3.63, 3.8) is 0 Å². The zero-order chi connectivity index (χ0) is 13.2. The van der Waals surface area contributed by atoms with E-state index in [2.05, 4.69) is 24.3 Å². The average Bonchev–Trinajstić information content (AvgIpc) is 2.42. The molecule has 0 aliphatic heterocycles. The summed E-state index contributed by atoms with van der Waals surface area (Å²) in [6.07, 6.45) is 8.30. The second-order valence-electron chi connectivity index (χ2n) is 3.22. The first kappa shape index (κ1) is 13.4. The van der Waals surface area contributed by atoms with E-state index in [-0.39, 0.29) is 0 Å². The highest BCUT2D eigenvalue weighted by molar-refractivity contribution is 5.82. The van der Waals surface area contributed by atoms with Crippen LogP contribution in [0.25, 0.3) is 0 Å². The number of carbonyl (C=O) groups excluding carboxylic acids is 1. The Labute approximate surface area is 107 Å². The molecule has 0 bridgehead atoms. The van der Waals surface area contributed by atoms with Crippen LogP contribution in [0.5, 0.6) is 0 Å². The molecule has 0 heterocycles. The van der Waals surface area contributed by atoms with E-state index in [0.29, 0.717) is 0 Å². The number of rotatable bonds is 3. The van der Waals surface area contributed by atoms with Crippen LogP contribution < -0.4 is 0 Å². The highest BCUT2D eigenvalue weighted by atomic mass is 16.5. The SMILES string of the molecule is C#C/C=C/C(=O)OC(C#CC=C)c1ccccc1. The van der Waals surface area contributed by atoms with Gasteiger partial charge in [0, 0.05) is 11.6 Å². The molecule has 0 aromatic heterocycles. The zero-order valence-electron chi connectivity index (χ0n) is 9.80. The predicted octanol–water partition coefficient (Wildman–Crippen LogP) is 2.65. The van der Waals surface area contributed by atoms with Gasteiger partial charge in [-0.25, -0.2) is 4.79 Å². The Morgan fingerprint density at radius 1 is 1.39 bits per heavy atom. The first-order valence-corrected chi connectivity index (χ1v) is 5.28. The molecule has 88 valence electrons. The molecule has 1 aromatic rings. The van der Waals surface area contributed by atoms with Gasteiger partial charge >= 0.3 is 5.97 Å². The summed E-state index contributed by atoms with van der Waals surface area (Å²) < 4.78 is 5.20. The Bertz CT molecular complexity index is 536. The van der Waals surface area contributed by atoms with Gasteiger partial charge in [-0.3, -0.25) is 0 Å². The lowest BCUT2D eigenvalue weighted by molar-refractivity contribution is -0.140. The van der Waals surface area contributed by atoms with Crippen molar-refractivity contribution in [3.05, 3.63) is 60.7 Å². The van der Waals surface area contributed by atoms with Crippen LogP contribution in [0.3, 0.4) is 0 Å². The molecule has 0 aliphatic carbocycles. The van der Waals surface area contributed by atoms with Gasteiger partial charge in [0.25, 0.3) is 0 Å². The van der Waals surface area contributed by atoms with Gasteiger partial charge < -0.3 is 4.74 Å². The van der Waals surface area contributed by atoms with Crippen molar-refractivity contribution in [2.45, 2.75) is 6.10 Å². The van der Waals surface area contributed by atoms with Crippen molar-refractivity contribution in [3.8, 4) is 24.2 Å². The highest BCUT2D eigenvalue weighted by Gasteiger charge is 2.11. The quantitative estimate of drug-likeness (QED) is 0.458. The van der Waals surface area contributed by atoms with Crippen molar-refractivity contribution < 1.29 is 9.53 Å². The number of terminal acetylenes is 1. The van der Waals surface area contributed by atoms with Crippen LogP contribution in [0, 0.1) is 24.2 Å². The van der Waals surface area contributed by atoms with Crippen LogP contribution in [-0.2, 0) is 9.53 Å². The molecule has 1 rings (SSSR count). The fraction of sp³-hybridized carbons (Fsp3) is 0.0625. The lowest BCUT2D eigenvalue weighted by Gasteiger charge is -2.10. The van der Waals surface area contributed by atoms with Crippen LogP contribution >= 0.6 is 0 Å². The summed E-state index contributed by atoms with van der Waals surface area (Å²) in [4.78, 5) is 11.5. The average molecular weight is 236 g/mol. The Balaban J connectivity index is 2.87. The molecule has 0 N–H and O–H groups in total. The lowest BCUT2D eigenvalue weighted by atomic mass is 10.1. The van der Waals surface area contributed by atoms with Crippen molar-refractivity contribution in [1.29, 1.82) is 0 Å². The third-order valence-corrected chi connectivity index (χ3v) is 1.97. The first-order chi connectivity index (χ1) is 8.77. The standard InChI is InChI=1S/C16H12O2/c1-3-5-12-15(14-10-8-7-9-11-14)18-16(17)13-6-4-2/h2-3,6-11,13,15H,1H2/b13-6+. The number of benzene rings is 1. The molecule has 18 heavy (non-hydrogen) atoms. The minimum Gasteiger partial charge on any atom is -0.441 e. The number of hydrogen-bond acceptors (Lipinski definition) is 2. The molecule has 0 saturated heterocycles. The third kappa shape index (κ3) is 4.43. The van der Waals surface area contributed by atoms with Gasteiger partial charge in [-0.1, -0.05) is 48.8 Å². The number of allylic oxidation sites excluding steroid dienone is 2. The van der Waals surface area contributed by atoms with Gasteiger partial charge in [-0.15, -0.1) is 6.42 Å². The van der Waals surface area contributed by atoms with Crippen molar-refractivity contribution in [2.75, 3.05) is 0 Å². The van der Waals surface area contributed by atoms with Crippen LogP contribution in [0.15, 0.2) is 55.1 Å². The van der Waals surface area contributed by atoms with Gasteiger partial charge in [0.2, 0.25) is 0 Å². The van der Waals surface area contributed by atoms with E-state index in [1.54, 1.807) is 0 Å². The van der Waals surface area contributed by atoms with Crippen LogP contribution in [-0.4, -0.2) is 5.97 Å². The lowest BCUT2D eigenvalue weighted by Crippen LogP contribution is -2.07. The van der Waals surface area contributed by atoms with E-state index in [9.17, 15) is 4.79 Å². The molecule has 2 nitrogen and oxygen atoms in total. The van der Waals surface area contributed by atoms with E-state index < -0.39 is 12.1 Å². The van der Waals surface area contributed by atoms with E-state index in [1.165, 1.54) is 18.2 Å². The molecule has 2 heteroatoms.